The number of benzene rings is 1. The zero-order valence-electron chi connectivity index (χ0n) is 15.1. The summed E-state index contributed by atoms with van der Waals surface area (Å²) >= 11 is 0. The van der Waals surface area contributed by atoms with E-state index in [-0.39, 0.29) is 6.61 Å². The predicted molar refractivity (Wildman–Crippen MR) is 91.0 cm³/mol. The van der Waals surface area contributed by atoms with Gasteiger partial charge in [-0.05, 0) is 26.0 Å². The number of epoxide rings is 1. The summed E-state index contributed by atoms with van der Waals surface area (Å²) in [6, 6.07) is 9.04. The zero-order chi connectivity index (χ0) is 18.3. The monoisotopic (exact) mass is 372 g/mol. The molecule has 0 aromatic heterocycles. The summed E-state index contributed by atoms with van der Waals surface area (Å²) in [6.07, 6.45) is -1.97. The van der Waals surface area contributed by atoms with Crippen molar-refractivity contribution in [1.82, 2.24) is 0 Å². The van der Waals surface area contributed by atoms with Crippen LogP contribution in [0, 0.1) is 0 Å². The predicted octanol–water partition coefficient (Wildman–Crippen LogP) is 2.10. The van der Waals surface area contributed by atoms with Gasteiger partial charge >= 0.3 is 0 Å². The van der Waals surface area contributed by atoms with Crippen LogP contribution >= 0.6 is 7.37 Å². The molecule has 7 nitrogen and oxygen atoms in total. The van der Waals surface area contributed by atoms with Crippen LogP contribution in [-0.2, 0) is 32.8 Å². The molecule has 2 heterocycles. The van der Waals surface area contributed by atoms with E-state index in [1.165, 1.54) is 21.3 Å². The van der Waals surface area contributed by atoms with Crippen molar-refractivity contribution in [3.05, 3.63) is 30.3 Å². The molecule has 140 valence electrons. The summed E-state index contributed by atoms with van der Waals surface area (Å²) in [5, 5.41) is -0.551. The largest absolute Gasteiger partial charge is 0.356 e. The van der Waals surface area contributed by atoms with Gasteiger partial charge in [0.1, 0.15) is 12.2 Å². The molecule has 4 unspecified atom stereocenters. The number of ether oxygens (including phenoxy) is 5. The molecule has 8 heteroatoms. The number of rotatable bonds is 7. The molecule has 2 aliphatic rings. The zero-order valence-corrected chi connectivity index (χ0v) is 16.0. The lowest BCUT2D eigenvalue weighted by atomic mass is 10.1. The Hall–Kier alpha value is -0.790. The standard InChI is InChI=1S/C17H25O7P/c1-16(2)23-13(15(19-3)20-4)14(24-16)17(11-22-17)25(18,21-5)12-9-7-6-8-10-12/h6-10,13-15H,11H2,1-5H3. The lowest BCUT2D eigenvalue weighted by Gasteiger charge is -2.31. The molecule has 1 aromatic rings. The maximum atomic E-state index is 13.8. The normalized spacial score (nSPS) is 33.4. The fraction of sp³-hybridized carbons (Fsp3) is 0.647. The van der Waals surface area contributed by atoms with E-state index in [9.17, 15) is 4.57 Å². The van der Waals surface area contributed by atoms with E-state index in [1.54, 1.807) is 26.0 Å². The molecule has 0 bridgehead atoms. The van der Waals surface area contributed by atoms with Crippen LogP contribution in [0.15, 0.2) is 30.3 Å². The van der Waals surface area contributed by atoms with Gasteiger partial charge in [-0.1, -0.05) is 18.2 Å². The summed E-state index contributed by atoms with van der Waals surface area (Å²) in [4.78, 5) is 0. The molecule has 2 fully saturated rings. The van der Waals surface area contributed by atoms with E-state index in [0.29, 0.717) is 5.30 Å². The minimum atomic E-state index is -3.39. The van der Waals surface area contributed by atoms with Gasteiger partial charge in [-0.2, -0.15) is 0 Å². The third kappa shape index (κ3) is 3.08. The van der Waals surface area contributed by atoms with Crippen molar-refractivity contribution >= 4 is 12.7 Å². The molecule has 2 saturated heterocycles. The van der Waals surface area contributed by atoms with Gasteiger partial charge in [0.25, 0.3) is 7.37 Å². The first-order chi connectivity index (χ1) is 11.8. The van der Waals surface area contributed by atoms with Gasteiger partial charge in [-0.15, -0.1) is 0 Å². The van der Waals surface area contributed by atoms with Gasteiger partial charge in [0.2, 0.25) is 0 Å². The van der Waals surface area contributed by atoms with Gasteiger partial charge in [0.15, 0.2) is 17.4 Å². The van der Waals surface area contributed by atoms with Gasteiger partial charge in [-0.3, -0.25) is 4.57 Å². The lowest BCUT2D eigenvalue weighted by molar-refractivity contribution is -0.201. The van der Waals surface area contributed by atoms with Gasteiger partial charge in [0, 0.05) is 26.6 Å². The summed E-state index contributed by atoms with van der Waals surface area (Å²) in [6.45, 7) is 3.82. The highest BCUT2D eigenvalue weighted by atomic mass is 31.2. The molecule has 0 saturated carbocycles. The Morgan fingerprint density at radius 1 is 1.12 bits per heavy atom. The molecule has 0 aliphatic carbocycles. The van der Waals surface area contributed by atoms with E-state index in [1.807, 2.05) is 18.2 Å². The molecule has 2 aliphatic heterocycles. The van der Waals surface area contributed by atoms with Crippen LogP contribution in [-0.4, -0.2) is 57.6 Å². The lowest BCUT2D eigenvalue weighted by Crippen LogP contribution is -2.47. The first-order valence-electron chi connectivity index (χ1n) is 8.10. The molecule has 4 atom stereocenters. The Morgan fingerprint density at radius 3 is 2.20 bits per heavy atom. The van der Waals surface area contributed by atoms with E-state index < -0.39 is 37.0 Å². The molecule has 3 rings (SSSR count). The Kier molecular flexibility index (Phi) is 5.12. The molecule has 0 radical (unpaired) electrons. The van der Waals surface area contributed by atoms with Gasteiger partial charge in [-0.25, -0.2) is 0 Å². The van der Waals surface area contributed by atoms with E-state index >= 15 is 0 Å². The molecule has 25 heavy (non-hydrogen) atoms. The molecule has 0 N–H and O–H groups in total. The smallest absolute Gasteiger partial charge is 0.267 e. The van der Waals surface area contributed by atoms with Crippen molar-refractivity contribution in [3.63, 3.8) is 0 Å². The average Bonchev–Trinajstić information content (AvgIpc) is 3.36. The van der Waals surface area contributed by atoms with Gasteiger partial charge in [0.05, 0.1) is 6.61 Å². The topological polar surface area (TPSA) is 75.8 Å². The quantitative estimate of drug-likeness (QED) is 0.412. The minimum Gasteiger partial charge on any atom is -0.356 e. The second-order valence-electron chi connectivity index (χ2n) is 6.56. The van der Waals surface area contributed by atoms with Crippen LogP contribution in [0.2, 0.25) is 0 Å². The maximum absolute atomic E-state index is 13.8. The Labute approximate surface area is 147 Å². The summed E-state index contributed by atoms with van der Waals surface area (Å²) in [5.74, 6) is -0.890. The average molecular weight is 372 g/mol. The van der Waals surface area contributed by atoms with Crippen LogP contribution in [0.1, 0.15) is 13.8 Å². The van der Waals surface area contributed by atoms with Crippen molar-refractivity contribution in [2.75, 3.05) is 27.9 Å². The SMILES string of the molecule is COC(OC)C1OC(C)(C)OC1C1(P(=O)(OC)c2ccccc2)CO1. The van der Waals surface area contributed by atoms with Crippen molar-refractivity contribution in [2.45, 2.75) is 43.5 Å². The number of hydrogen-bond acceptors (Lipinski definition) is 7. The highest BCUT2D eigenvalue weighted by Gasteiger charge is 2.72. The number of hydrogen-bond donors (Lipinski definition) is 0. The van der Waals surface area contributed by atoms with Crippen molar-refractivity contribution in [2.24, 2.45) is 0 Å². The van der Waals surface area contributed by atoms with Crippen LogP contribution in [0.5, 0.6) is 0 Å². The first-order valence-corrected chi connectivity index (χ1v) is 9.73. The van der Waals surface area contributed by atoms with E-state index in [0.717, 1.165) is 0 Å². The Balaban J connectivity index is 2.02. The second-order valence-corrected chi connectivity index (χ2v) is 9.31. The van der Waals surface area contributed by atoms with Crippen molar-refractivity contribution in [1.29, 1.82) is 0 Å². The van der Waals surface area contributed by atoms with Crippen LogP contribution < -0.4 is 5.30 Å². The Bertz CT molecular complexity index is 640. The van der Waals surface area contributed by atoms with Crippen molar-refractivity contribution < 1.29 is 32.8 Å². The third-order valence-corrected chi connectivity index (χ3v) is 7.60. The highest BCUT2D eigenvalue weighted by Crippen LogP contribution is 2.68. The van der Waals surface area contributed by atoms with E-state index in [4.69, 9.17) is 28.2 Å². The third-order valence-electron chi connectivity index (χ3n) is 4.60. The fourth-order valence-corrected chi connectivity index (χ4v) is 5.84. The molecule has 0 amide bonds. The van der Waals surface area contributed by atoms with Crippen LogP contribution in [0.25, 0.3) is 0 Å². The molecule has 0 spiro atoms. The fourth-order valence-electron chi connectivity index (χ4n) is 3.38. The summed E-state index contributed by atoms with van der Waals surface area (Å²) in [7, 11) is 1.08. The first kappa shape index (κ1) is 19.0. The summed E-state index contributed by atoms with van der Waals surface area (Å²) < 4.78 is 47.9. The Morgan fingerprint density at radius 2 is 1.72 bits per heavy atom. The maximum Gasteiger partial charge on any atom is 0.267 e. The minimum absolute atomic E-state index is 0.244. The molecule has 1 aromatic carbocycles. The molecular weight excluding hydrogens is 347 g/mol. The highest BCUT2D eigenvalue weighted by molar-refractivity contribution is 7.68. The van der Waals surface area contributed by atoms with Gasteiger partial charge < -0.3 is 28.2 Å². The number of methoxy groups -OCH3 is 2. The molecular formula is C17H25O7P. The second kappa shape index (κ2) is 6.74. The van der Waals surface area contributed by atoms with Crippen LogP contribution in [0.4, 0.5) is 0 Å². The summed E-state index contributed by atoms with van der Waals surface area (Å²) in [5.41, 5.74) is 0. The van der Waals surface area contributed by atoms with E-state index in [2.05, 4.69) is 0 Å². The van der Waals surface area contributed by atoms with Crippen molar-refractivity contribution in [3.8, 4) is 0 Å². The van der Waals surface area contributed by atoms with Crippen LogP contribution in [0.3, 0.4) is 0 Å².